The summed E-state index contributed by atoms with van der Waals surface area (Å²) in [5.74, 6) is -0.530. The van der Waals surface area contributed by atoms with E-state index in [0.29, 0.717) is 11.2 Å². The van der Waals surface area contributed by atoms with Crippen LogP contribution in [0, 0.1) is 0 Å². The highest BCUT2D eigenvalue weighted by atomic mass is 16.5. The number of fused-ring (bicyclic) bond motifs is 3. The lowest BCUT2D eigenvalue weighted by atomic mass is 10.3. The third-order valence-electron chi connectivity index (χ3n) is 2.54. The Morgan fingerprint density at radius 1 is 1.56 bits per heavy atom. The van der Waals surface area contributed by atoms with E-state index in [1.54, 1.807) is 6.92 Å². The molecule has 0 aliphatic rings. The number of nitrogens with zero attached hydrogens (tertiary/aromatic N) is 3. The van der Waals surface area contributed by atoms with Crippen molar-refractivity contribution in [1.82, 2.24) is 24.6 Å². The van der Waals surface area contributed by atoms with E-state index in [2.05, 4.69) is 20.1 Å². The number of hydrogen-bond donors (Lipinski definition) is 2. The number of imidazole rings is 1. The lowest BCUT2D eigenvalue weighted by Gasteiger charge is -1.99. The molecule has 0 aromatic carbocycles. The number of hydrogen-bond acceptors (Lipinski definition) is 5. The lowest BCUT2D eigenvalue weighted by Crippen LogP contribution is -2.12. The molecule has 18 heavy (non-hydrogen) atoms. The number of aromatic nitrogens is 5. The number of esters is 1. The summed E-state index contributed by atoms with van der Waals surface area (Å²) in [6, 6.07) is 0. The molecule has 8 nitrogen and oxygen atoms in total. The first kappa shape index (κ1) is 10.5. The van der Waals surface area contributed by atoms with Gasteiger partial charge < -0.3 is 14.7 Å². The Labute approximate surface area is 99.6 Å². The number of H-pyrrole nitrogens is 2. The number of rotatable bonds is 2. The van der Waals surface area contributed by atoms with Crippen LogP contribution in [0.5, 0.6) is 0 Å². The van der Waals surface area contributed by atoms with Crippen molar-refractivity contribution in [1.29, 1.82) is 0 Å². The van der Waals surface area contributed by atoms with Gasteiger partial charge in [-0.3, -0.25) is 4.79 Å². The van der Waals surface area contributed by atoms with Crippen LogP contribution in [0.3, 0.4) is 0 Å². The molecule has 8 heteroatoms. The summed E-state index contributed by atoms with van der Waals surface area (Å²) in [6.07, 6.45) is 2.74. The van der Waals surface area contributed by atoms with Crippen molar-refractivity contribution < 1.29 is 9.53 Å². The normalized spacial score (nSPS) is 11.2. The smallest absolute Gasteiger partial charge is 0.343 e. The fourth-order valence-electron chi connectivity index (χ4n) is 1.77. The SMILES string of the molecule is CCOC(=O)c1cnn2c1[nH]c(=O)c1[nH]cnc12. The maximum Gasteiger partial charge on any atom is 0.343 e. The molecule has 2 N–H and O–H groups in total. The Morgan fingerprint density at radius 2 is 2.39 bits per heavy atom. The van der Waals surface area contributed by atoms with Crippen LogP contribution in [0.2, 0.25) is 0 Å². The molecule has 0 fully saturated rings. The highest BCUT2D eigenvalue weighted by Gasteiger charge is 2.17. The summed E-state index contributed by atoms with van der Waals surface area (Å²) in [5, 5.41) is 4.03. The Morgan fingerprint density at radius 3 is 3.17 bits per heavy atom. The predicted octanol–water partition coefficient (Wildman–Crippen LogP) is 0.0756. The van der Waals surface area contributed by atoms with E-state index in [1.165, 1.54) is 17.0 Å². The summed E-state index contributed by atoms with van der Waals surface area (Å²) in [5.41, 5.74) is 0.795. The molecule has 3 rings (SSSR count). The molecule has 0 aliphatic heterocycles. The fraction of sp³-hybridized carbons (Fsp3) is 0.200. The summed E-state index contributed by atoms with van der Waals surface area (Å²) in [4.78, 5) is 32.7. The largest absolute Gasteiger partial charge is 0.462 e. The molecular weight excluding hydrogens is 238 g/mol. The summed E-state index contributed by atoms with van der Waals surface area (Å²) < 4.78 is 6.27. The van der Waals surface area contributed by atoms with E-state index in [-0.39, 0.29) is 23.4 Å². The maximum atomic E-state index is 11.8. The molecule has 0 bridgehead atoms. The van der Waals surface area contributed by atoms with Crippen molar-refractivity contribution in [3.8, 4) is 0 Å². The van der Waals surface area contributed by atoms with Crippen LogP contribution in [0.4, 0.5) is 0 Å². The van der Waals surface area contributed by atoms with Crippen LogP contribution in [0.25, 0.3) is 16.8 Å². The molecule has 0 saturated carbocycles. The monoisotopic (exact) mass is 247 g/mol. The van der Waals surface area contributed by atoms with Gasteiger partial charge in [-0.15, -0.1) is 0 Å². The van der Waals surface area contributed by atoms with E-state index in [4.69, 9.17) is 4.74 Å². The second-order valence-corrected chi connectivity index (χ2v) is 3.59. The highest BCUT2D eigenvalue weighted by Crippen LogP contribution is 2.12. The molecule has 0 atom stereocenters. The van der Waals surface area contributed by atoms with Crippen molar-refractivity contribution in [3.63, 3.8) is 0 Å². The second-order valence-electron chi connectivity index (χ2n) is 3.59. The average Bonchev–Trinajstić information content (AvgIpc) is 2.94. The van der Waals surface area contributed by atoms with E-state index >= 15 is 0 Å². The zero-order chi connectivity index (χ0) is 12.7. The molecule has 0 amide bonds. The summed E-state index contributed by atoms with van der Waals surface area (Å²) in [7, 11) is 0. The van der Waals surface area contributed by atoms with Crippen LogP contribution in [0.15, 0.2) is 17.3 Å². The minimum atomic E-state index is -0.530. The van der Waals surface area contributed by atoms with Gasteiger partial charge in [-0.1, -0.05) is 0 Å². The molecule has 0 unspecified atom stereocenters. The molecule has 3 aromatic heterocycles. The Bertz CT molecular complexity index is 797. The van der Waals surface area contributed by atoms with Gasteiger partial charge in [0.05, 0.1) is 19.1 Å². The van der Waals surface area contributed by atoms with Gasteiger partial charge in [0.25, 0.3) is 5.56 Å². The van der Waals surface area contributed by atoms with Gasteiger partial charge in [-0.2, -0.15) is 9.61 Å². The highest BCUT2D eigenvalue weighted by molar-refractivity contribution is 5.96. The van der Waals surface area contributed by atoms with Crippen molar-refractivity contribution in [2.24, 2.45) is 0 Å². The number of carbonyl (C=O) groups excluding carboxylic acids is 1. The van der Waals surface area contributed by atoms with Gasteiger partial charge in [0, 0.05) is 0 Å². The molecule has 92 valence electrons. The van der Waals surface area contributed by atoms with Crippen LogP contribution in [-0.2, 0) is 4.74 Å². The van der Waals surface area contributed by atoms with Crippen molar-refractivity contribution in [2.75, 3.05) is 6.61 Å². The summed E-state index contributed by atoms with van der Waals surface area (Å²) >= 11 is 0. The molecule has 0 saturated heterocycles. The molecule has 0 spiro atoms. The molecule has 3 heterocycles. The van der Waals surface area contributed by atoms with Gasteiger partial charge in [0.2, 0.25) is 0 Å². The first-order valence-corrected chi connectivity index (χ1v) is 5.32. The van der Waals surface area contributed by atoms with E-state index in [9.17, 15) is 9.59 Å². The Hall–Kier alpha value is -2.64. The zero-order valence-corrected chi connectivity index (χ0v) is 9.43. The standard InChI is InChI=1S/C10H9N5O3/c1-2-18-10(17)5-3-13-15-7(5)14-9(16)6-8(15)12-4-11-6/h3-4H,2H2,1H3,(H,11,12)(H,14,16). The van der Waals surface area contributed by atoms with Crippen molar-refractivity contribution in [3.05, 3.63) is 28.4 Å². The molecule has 0 radical (unpaired) electrons. The molecule has 3 aromatic rings. The van der Waals surface area contributed by atoms with Crippen LogP contribution in [0.1, 0.15) is 17.3 Å². The Balaban J connectivity index is 2.34. The summed E-state index contributed by atoms with van der Waals surface area (Å²) in [6.45, 7) is 1.96. The van der Waals surface area contributed by atoms with Crippen molar-refractivity contribution in [2.45, 2.75) is 6.92 Å². The third-order valence-corrected chi connectivity index (χ3v) is 2.54. The zero-order valence-electron chi connectivity index (χ0n) is 9.43. The van der Waals surface area contributed by atoms with Crippen LogP contribution < -0.4 is 5.56 Å². The first-order valence-electron chi connectivity index (χ1n) is 5.32. The lowest BCUT2D eigenvalue weighted by molar-refractivity contribution is 0.0528. The van der Waals surface area contributed by atoms with E-state index in [0.717, 1.165) is 0 Å². The number of ether oxygens (including phenoxy) is 1. The van der Waals surface area contributed by atoms with Gasteiger partial charge in [-0.25, -0.2) is 9.78 Å². The fourth-order valence-corrected chi connectivity index (χ4v) is 1.77. The quantitative estimate of drug-likeness (QED) is 0.624. The van der Waals surface area contributed by atoms with Gasteiger partial charge in [0.15, 0.2) is 16.8 Å². The van der Waals surface area contributed by atoms with Crippen LogP contribution in [-0.4, -0.2) is 37.1 Å². The van der Waals surface area contributed by atoms with Gasteiger partial charge >= 0.3 is 5.97 Å². The van der Waals surface area contributed by atoms with E-state index < -0.39 is 5.97 Å². The number of nitrogens with one attached hydrogen (secondary N) is 2. The van der Waals surface area contributed by atoms with Gasteiger partial charge in [0.1, 0.15) is 5.56 Å². The number of aromatic amines is 2. The second kappa shape index (κ2) is 3.69. The van der Waals surface area contributed by atoms with Crippen molar-refractivity contribution >= 4 is 22.8 Å². The molecular formula is C10H9N5O3. The van der Waals surface area contributed by atoms with E-state index in [1.807, 2.05) is 0 Å². The van der Waals surface area contributed by atoms with Gasteiger partial charge in [-0.05, 0) is 6.92 Å². The Kier molecular flexibility index (Phi) is 2.15. The average molecular weight is 247 g/mol. The number of carbonyl (C=O) groups is 1. The molecule has 0 aliphatic carbocycles. The predicted molar refractivity (Wildman–Crippen MR) is 61.4 cm³/mol. The minimum absolute atomic E-state index is 0.207. The minimum Gasteiger partial charge on any atom is -0.462 e. The topological polar surface area (TPSA) is 105 Å². The van der Waals surface area contributed by atoms with Crippen LogP contribution >= 0.6 is 0 Å². The first-order chi connectivity index (χ1) is 8.72. The maximum absolute atomic E-state index is 11.8. The third kappa shape index (κ3) is 1.32.